The summed E-state index contributed by atoms with van der Waals surface area (Å²) in [5.41, 5.74) is 4.06. The van der Waals surface area contributed by atoms with E-state index < -0.39 is 0 Å². The van der Waals surface area contributed by atoms with Crippen molar-refractivity contribution >= 4 is 37.1 Å². The van der Waals surface area contributed by atoms with E-state index in [4.69, 9.17) is 0 Å². The van der Waals surface area contributed by atoms with Gasteiger partial charge in [0.1, 0.15) is 11.6 Å². The molecule has 0 bridgehead atoms. The van der Waals surface area contributed by atoms with E-state index >= 15 is 0 Å². The Hall–Kier alpha value is -0.282. The maximum atomic E-state index is 4.11. The van der Waals surface area contributed by atoms with Gasteiger partial charge in [0.05, 0.1) is 0 Å². The van der Waals surface area contributed by atoms with Gasteiger partial charge < -0.3 is 25.5 Å². The molecule has 4 nitrogen and oxygen atoms in total. The SMILES string of the molecule is C=C1[B]c2cccnc2N1.C=C1[B]c2cccnc2N1.[CH3-].[CH3-].[Y].[Y]. The van der Waals surface area contributed by atoms with E-state index in [2.05, 4.69) is 33.8 Å². The number of fused-ring (bicyclic) bond motifs is 2. The van der Waals surface area contributed by atoms with E-state index in [-0.39, 0.29) is 80.3 Å². The van der Waals surface area contributed by atoms with Crippen molar-refractivity contribution in [3.05, 3.63) is 75.9 Å². The third kappa shape index (κ3) is 6.55. The molecule has 0 aromatic carbocycles. The molecule has 0 fully saturated rings. The molecule has 24 heavy (non-hydrogen) atoms. The van der Waals surface area contributed by atoms with Gasteiger partial charge in [-0.15, -0.1) is 0 Å². The summed E-state index contributed by atoms with van der Waals surface area (Å²) in [6, 6.07) is 7.84. The minimum Gasteiger partial charge on any atom is -0.358 e. The molecular formula is C16H18B2N4Y2-2. The molecule has 0 atom stereocenters. The molecule has 116 valence electrons. The van der Waals surface area contributed by atoms with Crippen molar-refractivity contribution in [3.8, 4) is 0 Å². The van der Waals surface area contributed by atoms with E-state index in [0.29, 0.717) is 0 Å². The van der Waals surface area contributed by atoms with Crippen LogP contribution < -0.4 is 21.6 Å². The van der Waals surface area contributed by atoms with E-state index in [1.54, 1.807) is 12.4 Å². The van der Waals surface area contributed by atoms with E-state index in [1.165, 1.54) is 0 Å². The van der Waals surface area contributed by atoms with Gasteiger partial charge >= 0.3 is 0 Å². The molecule has 0 spiro atoms. The van der Waals surface area contributed by atoms with Crippen LogP contribution in [0.1, 0.15) is 0 Å². The van der Waals surface area contributed by atoms with Crippen LogP contribution >= 0.6 is 0 Å². The summed E-state index contributed by atoms with van der Waals surface area (Å²) in [6.07, 6.45) is 3.52. The van der Waals surface area contributed by atoms with Crippen molar-refractivity contribution in [3.63, 3.8) is 0 Å². The number of nitrogens with zero attached hydrogens (tertiary/aromatic N) is 2. The van der Waals surface area contributed by atoms with E-state index in [9.17, 15) is 0 Å². The van der Waals surface area contributed by atoms with Gasteiger partial charge in [-0.05, 0) is 34.3 Å². The largest absolute Gasteiger partial charge is 0.358 e. The summed E-state index contributed by atoms with van der Waals surface area (Å²) in [7, 11) is 3.95. The zero-order valence-electron chi connectivity index (χ0n) is 14.1. The Morgan fingerprint density at radius 2 is 1.12 bits per heavy atom. The minimum atomic E-state index is 0. The number of hydrogen-bond acceptors (Lipinski definition) is 4. The van der Waals surface area contributed by atoms with Crippen molar-refractivity contribution in [1.29, 1.82) is 0 Å². The second kappa shape index (κ2) is 12.1. The quantitative estimate of drug-likeness (QED) is 0.457. The second-order valence-electron chi connectivity index (χ2n) is 4.47. The van der Waals surface area contributed by atoms with E-state index in [1.807, 2.05) is 38.8 Å². The molecule has 0 aliphatic carbocycles. The smallest absolute Gasteiger partial charge is 0.218 e. The van der Waals surface area contributed by atoms with Crippen molar-refractivity contribution < 1.29 is 65.4 Å². The number of rotatable bonds is 0. The number of aromatic nitrogens is 2. The fraction of sp³-hybridized carbons (Fsp3) is 0. The Morgan fingerprint density at radius 3 is 1.46 bits per heavy atom. The third-order valence-corrected chi connectivity index (χ3v) is 2.90. The summed E-state index contributed by atoms with van der Waals surface area (Å²) in [5, 5.41) is 6.07. The zero-order valence-corrected chi connectivity index (χ0v) is 19.8. The molecule has 2 aromatic rings. The van der Waals surface area contributed by atoms with Crippen LogP contribution in [-0.2, 0) is 65.4 Å². The summed E-state index contributed by atoms with van der Waals surface area (Å²) in [4.78, 5) is 8.21. The van der Waals surface area contributed by atoms with Gasteiger partial charge in [0, 0.05) is 77.8 Å². The number of anilines is 2. The molecule has 0 saturated heterocycles. The van der Waals surface area contributed by atoms with Gasteiger partial charge in [0.2, 0.25) is 14.6 Å². The van der Waals surface area contributed by atoms with Crippen LogP contribution in [0, 0.1) is 14.9 Å². The molecule has 0 amide bonds. The number of hydrogen-bond donors (Lipinski definition) is 2. The second-order valence-corrected chi connectivity index (χ2v) is 4.47. The number of pyridine rings is 2. The summed E-state index contributed by atoms with van der Waals surface area (Å²) in [6.45, 7) is 7.52. The first-order valence-electron chi connectivity index (χ1n) is 6.24. The average molecular weight is 466 g/mol. The average Bonchev–Trinajstić information content (AvgIpc) is 2.99. The van der Waals surface area contributed by atoms with Crippen molar-refractivity contribution in [2.45, 2.75) is 0 Å². The first-order chi connectivity index (χ1) is 9.72. The number of nitrogens with one attached hydrogen (secondary N) is 2. The van der Waals surface area contributed by atoms with Gasteiger partial charge in [0.15, 0.2) is 0 Å². The maximum absolute atomic E-state index is 4.11. The maximum Gasteiger partial charge on any atom is 0.218 e. The first-order valence-corrected chi connectivity index (χ1v) is 6.24. The van der Waals surface area contributed by atoms with Crippen LogP contribution in [0.3, 0.4) is 0 Å². The third-order valence-electron chi connectivity index (χ3n) is 2.90. The molecule has 0 saturated carbocycles. The van der Waals surface area contributed by atoms with E-state index in [0.717, 1.165) is 33.8 Å². The predicted octanol–water partition coefficient (Wildman–Crippen LogP) is 1.51. The Labute approximate surface area is 197 Å². The normalized spacial score (nSPS) is 11.5. The zero-order chi connectivity index (χ0) is 13.9. The fourth-order valence-corrected chi connectivity index (χ4v) is 2.03. The van der Waals surface area contributed by atoms with Gasteiger partial charge in [-0.1, -0.05) is 25.3 Å². The molecule has 2 aliphatic rings. The van der Waals surface area contributed by atoms with Crippen molar-refractivity contribution in [2.75, 3.05) is 10.6 Å². The molecule has 4 heterocycles. The van der Waals surface area contributed by atoms with Gasteiger partial charge in [-0.25, -0.2) is 9.97 Å². The molecule has 2 N–H and O–H groups in total. The molecule has 4 radical (unpaired) electrons. The summed E-state index contributed by atoms with van der Waals surface area (Å²) < 4.78 is 0. The molecule has 2 aromatic heterocycles. The molecule has 8 heteroatoms. The topological polar surface area (TPSA) is 49.8 Å². The van der Waals surface area contributed by atoms with Crippen LogP contribution in [0.15, 0.2) is 61.0 Å². The Morgan fingerprint density at radius 1 is 0.750 bits per heavy atom. The van der Waals surface area contributed by atoms with Gasteiger partial charge in [-0.3, -0.25) is 0 Å². The van der Waals surface area contributed by atoms with Crippen LogP contribution in [0.4, 0.5) is 11.6 Å². The molecule has 0 unspecified atom stereocenters. The van der Waals surface area contributed by atoms with Crippen LogP contribution in [0.25, 0.3) is 0 Å². The Balaban J connectivity index is 0. The Bertz CT molecular complexity index is 582. The van der Waals surface area contributed by atoms with Crippen molar-refractivity contribution in [2.24, 2.45) is 0 Å². The van der Waals surface area contributed by atoms with Crippen molar-refractivity contribution in [1.82, 2.24) is 9.97 Å². The molecule has 4 rings (SSSR count). The molecular weight excluding hydrogens is 448 g/mol. The molecule has 2 aliphatic heterocycles. The first kappa shape index (κ1) is 26.0. The standard InChI is InChI=1S/2C7H6BN2.2CH3.2Y/c2*1-5-8-6-3-2-4-9-7(6)10-5;;;;/h2*2-4H,1H2,(H,9,10);2*1H3;;/q;;2*-1;;. The minimum absolute atomic E-state index is 0. The summed E-state index contributed by atoms with van der Waals surface area (Å²) in [5.74, 6) is 1.82. The predicted molar refractivity (Wildman–Crippen MR) is 97.6 cm³/mol. The fourth-order valence-electron chi connectivity index (χ4n) is 2.03. The van der Waals surface area contributed by atoms with Crippen LogP contribution in [-0.4, -0.2) is 24.5 Å². The monoisotopic (exact) mass is 466 g/mol. The van der Waals surface area contributed by atoms with Gasteiger partial charge in [0.25, 0.3) is 0 Å². The van der Waals surface area contributed by atoms with Gasteiger partial charge in [-0.2, -0.15) is 0 Å². The Kier molecular flexibility index (Phi) is 13.1. The van der Waals surface area contributed by atoms with Crippen LogP contribution in [0.2, 0.25) is 0 Å². The van der Waals surface area contributed by atoms with Crippen LogP contribution in [0.5, 0.6) is 0 Å². The summed E-state index contributed by atoms with van der Waals surface area (Å²) >= 11 is 0.